The van der Waals surface area contributed by atoms with Gasteiger partial charge in [0.1, 0.15) is 17.7 Å². The highest BCUT2D eigenvalue weighted by Gasteiger charge is 2.12. The minimum Gasteiger partial charge on any atom is -0.297 e. The second-order valence-electron chi connectivity index (χ2n) is 4.72. The summed E-state index contributed by atoms with van der Waals surface area (Å²) in [6.45, 7) is 0. The number of pyridine rings is 1. The van der Waals surface area contributed by atoms with Crippen LogP contribution in [0.1, 0.15) is 0 Å². The fraction of sp³-hybridized carbons (Fsp3) is 0. The number of benzene rings is 2. The molecule has 0 atom stereocenters. The normalized spacial score (nSPS) is 11.3. The van der Waals surface area contributed by atoms with Crippen LogP contribution >= 0.6 is 22.6 Å². The summed E-state index contributed by atoms with van der Waals surface area (Å²) in [4.78, 5) is 8.73. The molecule has 0 spiro atoms. The lowest BCUT2D eigenvalue weighted by atomic mass is 10.2. The standard InChI is InChI=1S/C16H9FIN3/c17-10-5-6-13-11(7-10)16-14(8-19-13)20-9-21(16)15-4-2-1-3-12(15)18/h1-9H. The van der Waals surface area contributed by atoms with Gasteiger partial charge in [0.05, 0.1) is 22.9 Å². The van der Waals surface area contributed by atoms with Crippen molar-refractivity contribution in [1.82, 2.24) is 14.5 Å². The number of fused-ring (bicyclic) bond motifs is 3. The van der Waals surface area contributed by atoms with Gasteiger partial charge in [0, 0.05) is 8.96 Å². The van der Waals surface area contributed by atoms with Crippen LogP contribution in [0, 0.1) is 9.39 Å². The summed E-state index contributed by atoms with van der Waals surface area (Å²) in [7, 11) is 0. The molecule has 0 N–H and O–H groups in total. The molecule has 2 heterocycles. The van der Waals surface area contributed by atoms with Crippen LogP contribution in [-0.4, -0.2) is 14.5 Å². The molecule has 0 aliphatic rings. The molecule has 102 valence electrons. The summed E-state index contributed by atoms with van der Waals surface area (Å²) in [5.41, 5.74) is 3.42. The minimum atomic E-state index is -0.271. The quantitative estimate of drug-likeness (QED) is 0.454. The Labute approximate surface area is 133 Å². The zero-order chi connectivity index (χ0) is 14.4. The highest BCUT2D eigenvalue weighted by atomic mass is 127. The minimum absolute atomic E-state index is 0.271. The number of halogens is 2. The van der Waals surface area contributed by atoms with Crippen LogP contribution in [0.3, 0.4) is 0 Å². The fourth-order valence-electron chi connectivity index (χ4n) is 2.50. The first-order valence-corrected chi connectivity index (χ1v) is 7.48. The van der Waals surface area contributed by atoms with E-state index in [2.05, 4.69) is 32.6 Å². The van der Waals surface area contributed by atoms with E-state index in [0.29, 0.717) is 0 Å². The largest absolute Gasteiger partial charge is 0.297 e. The van der Waals surface area contributed by atoms with Crippen molar-refractivity contribution in [2.24, 2.45) is 0 Å². The van der Waals surface area contributed by atoms with Crippen molar-refractivity contribution < 1.29 is 4.39 Å². The average Bonchev–Trinajstić information content (AvgIpc) is 2.92. The monoisotopic (exact) mass is 389 g/mol. The second-order valence-corrected chi connectivity index (χ2v) is 5.88. The van der Waals surface area contributed by atoms with Crippen molar-refractivity contribution in [1.29, 1.82) is 0 Å². The van der Waals surface area contributed by atoms with Crippen LogP contribution in [0.2, 0.25) is 0 Å². The molecule has 0 unspecified atom stereocenters. The van der Waals surface area contributed by atoms with E-state index in [9.17, 15) is 4.39 Å². The predicted octanol–water partition coefficient (Wildman–Crippen LogP) is 4.32. The van der Waals surface area contributed by atoms with Gasteiger partial charge in [-0.3, -0.25) is 9.55 Å². The highest BCUT2D eigenvalue weighted by Crippen LogP contribution is 2.27. The van der Waals surface area contributed by atoms with Gasteiger partial charge >= 0.3 is 0 Å². The molecule has 2 aromatic carbocycles. The lowest BCUT2D eigenvalue weighted by molar-refractivity contribution is 0.629. The van der Waals surface area contributed by atoms with E-state index in [-0.39, 0.29) is 5.82 Å². The smallest absolute Gasteiger partial charge is 0.124 e. The first-order chi connectivity index (χ1) is 10.2. The van der Waals surface area contributed by atoms with Gasteiger partial charge in [-0.1, -0.05) is 12.1 Å². The first kappa shape index (κ1) is 12.7. The maximum absolute atomic E-state index is 13.6. The van der Waals surface area contributed by atoms with E-state index < -0.39 is 0 Å². The van der Waals surface area contributed by atoms with E-state index in [4.69, 9.17) is 0 Å². The molecule has 3 nitrogen and oxygen atoms in total. The molecular formula is C16H9FIN3. The maximum Gasteiger partial charge on any atom is 0.124 e. The van der Waals surface area contributed by atoms with Crippen molar-refractivity contribution >= 4 is 44.5 Å². The van der Waals surface area contributed by atoms with Crippen molar-refractivity contribution in [2.75, 3.05) is 0 Å². The summed E-state index contributed by atoms with van der Waals surface area (Å²) in [6.07, 6.45) is 3.48. The molecule has 0 radical (unpaired) electrons. The van der Waals surface area contributed by atoms with Gasteiger partial charge in [0.15, 0.2) is 0 Å². The van der Waals surface area contributed by atoms with Crippen LogP contribution in [0.4, 0.5) is 4.39 Å². The number of imidazole rings is 1. The average molecular weight is 389 g/mol. The number of rotatable bonds is 1. The lowest BCUT2D eigenvalue weighted by Crippen LogP contribution is -1.96. The van der Waals surface area contributed by atoms with Crippen molar-refractivity contribution in [2.45, 2.75) is 0 Å². The third-order valence-corrected chi connectivity index (χ3v) is 4.36. The molecule has 0 saturated heterocycles. The van der Waals surface area contributed by atoms with Crippen LogP contribution in [0.25, 0.3) is 27.6 Å². The number of para-hydroxylation sites is 1. The topological polar surface area (TPSA) is 30.7 Å². The molecule has 0 fully saturated rings. The molecule has 0 amide bonds. The fourth-order valence-corrected chi connectivity index (χ4v) is 3.14. The second kappa shape index (κ2) is 4.77. The number of hydrogen-bond acceptors (Lipinski definition) is 2. The van der Waals surface area contributed by atoms with Gasteiger partial charge in [0.25, 0.3) is 0 Å². The van der Waals surface area contributed by atoms with Gasteiger partial charge in [-0.25, -0.2) is 9.37 Å². The molecule has 0 saturated carbocycles. The van der Waals surface area contributed by atoms with E-state index in [0.717, 1.165) is 31.2 Å². The van der Waals surface area contributed by atoms with Gasteiger partial charge in [-0.05, 0) is 52.9 Å². The Morgan fingerprint density at radius 1 is 1.00 bits per heavy atom. The molecule has 0 aliphatic heterocycles. The van der Waals surface area contributed by atoms with Gasteiger partial charge in [-0.15, -0.1) is 0 Å². The molecule has 2 aromatic heterocycles. The van der Waals surface area contributed by atoms with Crippen LogP contribution < -0.4 is 0 Å². The Balaban J connectivity index is 2.16. The summed E-state index contributed by atoms with van der Waals surface area (Å²) < 4.78 is 16.7. The Kier molecular flexibility index (Phi) is 2.88. The van der Waals surface area contributed by atoms with Crippen LogP contribution in [0.15, 0.2) is 55.0 Å². The number of aromatic nitrogens is 3. The third kappa shape index (κ3) is 1.99. The van der Waals surface area contributed by atoms with E-state index in [1.54, 1.807) is 18.6 Å². The molecule has 0 aliphatic carbocycles. The first-order valence-electron chi connectivity index (χ1n) is 6.40. The zero-order valence-corrected chi connectivity index (χ0v) is 13.0. The molecule has 4 aromatic rings. The molecule has 0 bridgehead atoms. The summed E-state index contributed by atoms with van der Waals surface area (Å²) in [6, 6.07) is 12.7. The third-order valence-electron chi connectivity index (χ3n) is 3.45. The van der Waals surface area contributed by atoms with Gasteiger partial charge in [-0.2, -0.15) is 0 Å². The molecule has 5 heteroatoms. The Hall–Kier alpha value is -2.02. The van der Waals surface area contributed by atoms with Crippen molar-refractivity contribution in [3.05, 3.63) is 64.4 Å². The number of nitrogens with zero attached hydrogens (tertiary/aromatic N) is 3. The van der Waals surface area contributed by atoms with Crippen LogP contribution in [0.5, 0.6) is 0 Å². The van der Waals surface area contributed by atoms with Gasteiger partial charge < -0.3 is 0 Å². The zero-order valence-electron chi connectivity index (χ0n) is 10.8. The SMILES string of the molecule is Fc1ccc2ncc3ncn(-c4ccccc4I)c3c2c1. The number of hydrogen-bond donors (Lipinski definition) is 0. The Morgan fingerprint density at radius 2 is 1.86 bits per heavy atom. The maximum atomic E-state index is 13.6. The molecule has 4 rings (SSSR count). The van der Waals surface area contributed by atoms with Crippen molar-refractivity contribution in [3.8, 4) is 5.69 Å². The Morgan fingerprint density at radius 3 is 2.71 bits per heavy atom. The lowest BCUT2D eigenvalue weighted by Gasteiger charge is -2.08. The van der Waals surface area contributed by atoms with E-state index in [1.807, 2.05) is 28.8 Å². The summed E-state index contributed by atoms with van der Waals surface area (Å²) in [5.74, 6) is -0.271. The predicted molar refractivity (Wildman–Crippen MR) is 89.0 cm³/mol. The highest BCUT2D eigenvalue weighted by molar-refractivity contribution is 14.1. The van der Waals surface area contributed by atoms with E-state index in [1.165, 1.54) is 12.1 Å². The van der Waals surface area contributed by atoms with Gasteiger partial charge in [0.2, 0.25) is 0 Å². The van der Waals surface area contributed by atoms with Crippen molar-refractivity contribution in [3.63, 3.8) is 0 Å². The van der Waals surface area contributed by atoms with E-state index >= 15 is 0 Å². The molecule has 21 heavy (non-hydrogen) atoms. The van der Waals surface area contributed by atoms with Crippen LogP contribution in [-0.2, 0) is 0 Å². The Bertz CT molecular complexity index is 978. The summed E-state index contributed by atoms with van der Waals surface area (Å²) >= 11 is 2.29. The molecular weight excluding hydrogens is 380 g/mol. The summed E-state index contributed by atoms with van der Waals surface area (Å²) in [5, 5.41) is 0.768.